The molecule has 1 aromatic heterocycles. The summed E-state index contributed by atoms with van der Waals surface area (Å²) >= 11 is -2.07. The van der Waals surface area contributed by atoms with Gasteiger partial charge in [-0.05, 0) is 59.2 Å². The molecule has 0 bridgehead atoms. The van der Waals surface area contributed by atoms with E-state index in [1.165, 1.54) is 10.6 Å². The Morgan fingerprint density at radius 2 is 1.86 bits per heavy atom. The molecule has 192 valence electrons. The maximum absolute atomic E-state index is 13.1. The molecule has 0 radical (unpaired) electrons. The summed E-state index contributed by atoms with van der Waals surface area (Å²) in [6.07, 6.45) is 4.32. The fraction of sp³-hybridized carbons (Fsp3) is 0.320. The second kappa shape index (κ2) is 13.0. The first-order chi connectivity index (χ1) is 17.8. The topological polar surface area (TPSA) is 148 Å². The van der Waals surface area contributed by atoms with E-state index in [1.807, 2.05) is 42.5 Å². The van der Waals surface area contributed by atoms with Crippen LogP contribution in [0.2, 0.25) is 14.8 Å². The molecule has 37 heavy (non-hydrogen) atoms. The van der Waals surface area contributed by atoms with E-state index in [4.69, 9.17) is 5.53 Å². The molecule has 1 amide bonds. The number of carbonyl (C=O) groups excluding carboxylic acids is 1. The molecule has 0 spiro atoms. The number of tetrazole rings is 1. The van der Waals surface area contributed by atoms with Crippen LogP contribution >= 0.6 is 0 Å². The zero-order valence-electron chi connectivity index (χ0n) is 21.8. The molecule has 2 heterocycles. The van der Waals surface area contributed by atoms with Gasteiger partial charge < -0.3 is 5.32 Å². The van der Waals surface area contributed by atoms with Crippen LogP contribution in [0.15, 0.2) is 68.7 Å². The van der Waals surface area contributed by atoms with E-state index in [-0.39, 0.29) is 5.91 Å². The fourth-order valence-corrected chi connectivity index (χ4v) is 4.26. The molecule has 11 nitrogen and oxygen atoms in total. The summed E-state index contributed by atoms with van der Waals surface area (Å²) in [6, 6.07) is 15.5. The third kappa shape index (κ3) is 7.64. The van der Waals surface area contributed by atoms with E-state index in [9.17, 15) is 4.79 Å². The number of benzene rings is 2. The van der Waals surface area contributed by atoms with Crippen LogP contribution in [0.5, 0.6) is 0 Å². The van der Waals surface area contributed by atoms with E-state index < -0.39 is 18.7 Å². The van der Waals surface area contributed by atoms with Gasteiger partial charge in [0.2, 0.25) is 0 Å². The molecule has 0 saturated heterocycles. The predicted molar refractivity (Wildman–Crippen MR) is 149 cm³/mol. The second-order valence-corrected chi connectivity index (χ2v) is 22.2. The van der Waals surface area contributed by atoms with Crippen molar-refractivity contribution in [2.45, 2.75) is 47.9 Å². The molecule has 0 atom stereocenters. The number of carbonyl (C=O) groups is 1. The molecule has 0 saturated carbocycles. The zero-order chi connectivity index (χ0) is 26.8. The van der Waals surface area contributed by atoms with Gasteiger partial charge in [0.05, 0.1) is 17.0 Å². The van der Waals surface area contributed by atoms with E-state index in [0.29, 0.717) is 17.1 Å². The summed E-state index contributed by atoms with van der Waals surface area (Å²) in [4.78, 5) is 22.1. The Kier molecular flexibility index (Phi) is 9.81. The second-order valence-electron chi connectivity index (χ2n) is 9.28. The van der Waals surface area contributed by atoms with Crippen molar-refractivity contribution in [3.05, 3.63) is 76.3 Å². The first-order valence-corrected chi connectivity index (χ1v) is 22.0. The summed E-state index contributed by atoms with van der Waals surface area (Å²) in [6.45, 7) is 4.19. The van der Waals surface area contributed by atoms with Crippen molar-refractivity contribution < 1.29 is 4.79 Å². The molecule has 0 aliphatic carbocycles. The number of amides is 1. The summed E-state index contributed by atoms with van der Waals surface area (Å²) < 4.78 is 3.65. The number of aryl methyl sites for hydroxylation is 1. The Morgan fingerprint density at radius 1 is 1.14 bits per heavy atom. The number of para-hydroxylation sites is 1. The minimum atomic E-state index is -2.07. The van der Waals surface area contributed by atoms with Gasteiger partial charge in [0.1, 0.15) is 0 Å². The standard InChI is InChI=1S/C22H23N7O.3CH3.N3.Sn/c1-3-7-20-18(14-23-19-9-6-5-8-15(19)4-2)22(30)29(26-20)17-12-10-16(11-13-17)21-24-27-28-25-21;;;;1-3-2;/h5-6,8-14,23H,3-4,7H2,1-2H3,(H,24,25,27,28);3*1H3;;/q;;;;-1;+1. The molecule has 4 rings (SSSR count). The molecule has 0 fully saturated rings. The van der Waals surface area contributed by atoms with Crippen LogP contribution in [0, 0.1) is 0 Å². The van der Waals surface area contributed by atoms with Gasteiger partial charge in [0.15, 0.2) is 5.82 Å². The SMILES string of the molecule is CCCC1=NN(c2ccc(-c3nnn[nH]3)cc2)C(=O)C1=CNc1ccccc1CC.[CH3][Sn]([CH3])([CH3])[N]=[N+]=[N-]. The Labute approximate surface area is 220 Å². The summed E-state index contributed by atoms with van der Waals surface area (Å²) in [5.74, 6) is 0.429. The Balaban J connectivity index is 0.000000479. The average Bonchev–Trinajstić information content (AvgIpc) is 3.52. The van der Waals surface area contributed by atoms with Gasteiger partial charge >= 0.3 is 47.2 Å². The molecule has 2 N–H and O–H groups in total. The van der Waals surface area contributed by atoms with Crippen LogP contribution in [0.1, 0.15) is 32.3 Å². The number of nitrogens with zero attached hydrogens (tertiary/aromatic N) is 8. The molecule has 0 unspecified atom stereocenters. The van der Waals surface area contributed by atoms with Crippen molar-refractivity contribution >= 4 is 41.6 Å². The first-order valence-electron chi connectivity index (χ1n) is 12.1. The van der Waals surface area contributed by atoms with Gasteiger partial charge in [-0.3, -0.25) is 4.79 Å². The van der Waals surface area contributed by atoms with Crippen molar-refractivity contribution in [3.63, 3.8) is 0 Å². The Bertz CT molecular complexity index is 1300. The van der Waals surface area contributed by atoms with Crippen LogP contribution in [0.3, 0.4) is 0 Å². The molecular weight excluding hydrogens is 575 g/mol. The van der Waals surface area contributed by atoms with Crippen LogP contribution in [0.4, 0.5) is 11.4 Å². The van der Waals surface area contributed by atoms with E-state index >= 15 is 0 Å². The third-order valence-corrected chi connectivity index (χ3v) is 7.25. The van der Waals surface area contributed by atoms with Gasteiger partial charge in [-0.1, -0.05) is 38.5 Å². The number of hydrogen-bond donors (Lipinski definition) is 2. The number of hydrogen-bond acceptors (Lipinski definition) is 7. The first kappa shape index (κ1) is 27.9. The summed E-state index contributed by atoms with van der Waals surface area (Å²) in [5.41, 5.74) is 13.0. The monoisotopic (exact) mass is 608 g/mol. The number of nitrogens with one attached hydrogen (secondary N) is 2. The molecule has 3 aromatic rings. The van der Waals surface area contributed by atoms with E-state index in [2.05, 4.69) is 74.0 Å². The van der Waals surface area contributed by atoms with E-state index in [1.54, 1.807) is 6.20 Å². The van der Waals surface area contributed by atoms with Crippen LogP contribution in [-0.4, -0.2) is 50.9 Å². The Morgan fingerprint density at radius 3 is 2.43 bits per heavy atom. The van der Waals surface area contributed by atoms with Gasteiger partial charge in [-0.25, -0.2) is 5.10 Å². The number of hydrazone groups is 1. The van der Waals surface area contributed by atoms with Crippen molar-refractivity contribution in [1.82, 2.24) is 20.6 Å². The molecule has 1 aliphatic rings. The van der Waals surface area contributed by atoms with Gasteiger partial charge in [0.25, 0.3) is 5.91 Å². The molecular formula is C25H32N10OSn. The third-order valence-electron chi connectivity index (χ3n) is 5.29. The van der Waals surface area contributed by atoms with Crippen LogP contribution in [-0.2, 0) is 11.2 Å². The Hall–Kier alpha value is -3.70. The number of rotatable bonds is 8. The minimum absolute atomic E-state index is 0.144. The van der Waals surface area contributed by atoms with Gasteiger partial charge in [0, 0.05) is 17.5 Å². The van der Waals surface area contributed by atoms with Gasteiger partial charge in [-0.15, -0.1) is 5.10 Å². The maximum atomic E-state index is 13.1. The average molecular weight is 607 g/mol. The van der Waals surface area contributed by atoms with Crippen molar-refractivity contribution in [2.24, 2.45) is 8.44 Å². The van der Waals surface area contributed by atoms with E-state index in [0.717, 1.165) is 36.2 Å². The zero-order valence-corrected chi connectivity index (χ0v) is 24.7. The van der Waals surface area contributed by atoms with Gasteiger partial charge in [-0.2, -0.15) is 10.1 Å². The number of anilines is 2. The summed E-state index contributed by atoms with van der Waals surface area (Å²) in [7, 11) is 0. The molecule has 2 aromatic carbocycles. The van der Waals surface area contributed by atoms with Crippen LogP contribution < -0.4 is 10.3 Å². The quantitative estimate of drug-likeness (QED) is 0.105. The summed E-state index contributed by atoms with van der Waals surface area (Å²) in [5, 5.41) is 23.2. The van der Waals surface area contributed by atoms with Crippen molar-refractivity contribution in [3.8, 4) is 11.4 Å². The number of H-pyrrole nitrogens is 1. The van der Waals surface area contributed by atoms with Crippen molar-refractivity contribution in [1.29, 1.82) is 0 Å². The number of azide groups is 1. The molecule has 12 heteroatoms. The molecule has 1 aliphatic heterocycles. The normalized spacial score (nSPS) is 14.1. The predicted octanol–water partition coefficient (Wildman–Crippen LogP) is 6.06. The van der Waals surface area contributed by atoms with Crippen LogP contribution in [0.25, 0.3) is 21.8 Å². The number of aromatic amines is 1. The number of aromatic nitrogens is 4. The van der Waals surface area contributed by atoms with Crippen molar-refractivity contribution in [2.75, 3.05) is 10.3 Å². The fourth-order valence-electron chi connectivity index (χ4n) is 3.49.